The van der Waals surface area contributed by atoms with E-state index in [9.17, 15) is 24.8 Å². The van der Waals surface area contributed by atoms with Crippen molar-refractivity contribution in [2.45, 2.75) is 36.9 Å². The number of hydrogen-bond donors (Lipinski definition) is 4. The molecule has 1 aromatic carbocycles. The minimum absolute atomic E-state index is 0.0948. The van der Waals surface area contributed by atoms with E-state index < -0.39 is 42.7 Å². The number of halogens is 2. The Kier molecular flexibility index (Phi) is 4.65. The molecule has 158 valence electrons. The summed E-state index contributed by atoms with van der Waals surface area (Å²) in [5.41, 5.74) is 0.800. The van der Waals surface area contributed by atoms with Gasteiger partial charge in [0, 0.05) is 6.20 Å². The molecule has 4 heterocycles. The second-order valence-corrected chi connectivity index (χ2v) is 7.76. The van der Waals surface area contributed by atoms with Crippen LogP contribution in [0.15, 0.2) is 40.4 Å². The minimum atomic E-state index is -1.43. The van der Waals surface area contributed by atoms with Crippen LogP contribution in [0.4, 0.5) is 10.2 Å². The monoisotopic (exact) mass is 436 g/mol. The van der Waals surface area contributed by atoms with E-state index in [0.29, 0.717) is 17.2 Å². The fourth-order valence-electron chi connectivity index (χ4n) is 3.97. The van der Waals surface area contributed by atoms with E-state index in [0.717, 1.165) is 6.07 Å². The van der Waals surface area contributed by atoms with Crippen molar-refractivity contribution in [2.24, 2.45) is 9.98 Å². The average molecular weight is 437 g/mol. The molecule has 5 rings (SSSR count). The fourth-order valence-corrected chi connectivity index (χ4v) is 4.09. The third-order valence-corrected chi connectivity index (χ3v) is 5.85. The molecule has 9 nitrogen and oxygen atoms in total. The van der Waals surface area contributed by atoms with E-state index in [1.54, 1.807) is 12.3 Å². The minimum Gasteiger partial charge on any atom is -0.387 e. The number of hydrogen-bond acceptors (Lipinski definition) is 8. The van der Waals surface area contributed by atoms with Crippen molar-refractivity contribution in [3.05, 3.63) is 52.4 Å². The zero-order valence-electron chi connectivity index (χ0n) is 15.4. The van der Waals surface area contributed by atoms with Crippen LogP contribution in [0.25, 0.3) is 0 Å². The number of benzene rings is 1. The van der Waals surface area contributed by atoms with E-state index in [2.05, 4.69) is 9.98 Å². The van der Waals surface area contributed by atoms with Crippen molar-refractivity contribution in [3.63, 3.8) is 0 Å². The van der Waals surface area contributed by atoms with Crippen LogP contribution in [-0.4, -0.2) is 73.2 Å². The van der Waals surface area contributed by atoms with Gasteiger partial charge in [0.25, 0.3) is 0 Å². The molecule has 0 bridgehead atoms. The van der Waals surface area contributed by atoms with E-state index in [1.165, 1.54) is 27.9 Å². The van der Waals surface area contributed by atoms with Crippen molar-refractivity contribution < 1.29 is 29.6 Å². The Bertz CT molecular complexity index is 1060. The summed E-state index contributed by atoms with van der Waals surface area (Å²) in [5, 5.41) is 41.6. The fraction of sp³-hybridized carbons (Fsp3) is 0.368. The molecule has 0 amide bonds. The molecule has 2 unspecified atom stereocenters. The first kappa shape index (κ1) is 19.6. The molecule has 3 aliphatic heterocycles. The summed E-state index contributed by atoms with van der Waals surface area (Å²) in [7, 11) is 0. The Morgan fingerprint density at radius 1 is 1.20 bits per heavy atom. The number of ether oxygens (including phenoxy) is 1. The second kappa shape index (κ2) is 7.12. The summed E-state index contributed by atoms with van der Waals surface area (Å²) in [5.74, 6) is 0.270. The standard InChI is InChI=1S/C19H18ClFN4O5/c20-10-2-1-8(5-11(10)21)13(27)16-14(28)15(29)19(30-16)24-4-3-9-17-22-6-12(26)25(17)7-23-18(9)24/h1-5,7,12-16,19,26-29H,6H2/t12?,13?,14-,15+,16+,19+/m0/s1. The molecule has 4 N–H and O–H groups in total. The number of fused-ring (bicyclic) bond motifs is 3. The summed E-state index contributed by atoms with van der Waals surface area (Å²) in [6.45, 7) is 0.221. The number of rotatable bonds is 3. The highest BCUT2D eigenvalue weighted by molar-refractivity contribution is 6.30. The van der Waals surface area contributed by atoms with Gasteiger partial charge in [0.1, 0.15) is 48.2 Å². The van der Waals surface area contributed by atoms with Crippen LogP contribution in [0.5, 0.6) is 0 Å². The lowest BCUT2D eigenvalue weighted by atomic mass is 9.99. The third-order valence-electron chi connectivity index (χ3n) is 5.55. The summed E-state index contributed by atoms with van der Waals surface area (Å²) >= 11 is 5.68. The van der Waals surface area contributed by atoms with Gasteiger partial charge in [-0.1, -0.05) is 17.7 Å². The highest BCUT2D eigenvalue weighted by Gasteiger charge is 2.48. The molecule has 0 aliphatic carbocycles. The van der Waals surface area contributed by atoms with E-state index in [-0.39, 0.29) is 17.1 Å². The van der Waals surface area contributed by atoms with Crippen molar-refractivity contribution in [2.75, 3.05) is 6.54 Å². The zero-order chi connectivity index (χ0) is 21.2. The van der Waals surface area contributed by atoms with Gasteiger partial charge >= 0.3 is 0 Å². The van der Waals surface area contributed by atoms with Crippen molar-refractivity contribution >= 4 is 29.6 Å². The van der Waals surface area contributed by atoms with Gasteiger partial charge in [0.15, 0.2) is 12.5 Å². The smallest absolute Gasteiger partial charge is 0.164 e. The van der Waals surface area contributed by atoms with Gasteiger partial charge in [-0.25, -0.2) is 9.38 Å². The lowest BCUT2D eigenvalue weighted by molar-refractivity contribution is -0.0854. The largest absolute Gasteiger partial charge is 0.387 e. The van der Waals surface area contributed by atoms with Crippen LogP contribution in [0.3, 0.4) is 0 Å². The highest BCUT2D eigenvalue weighted by Crippen LogP contribution is 2.40. The Morgan fingerprint density at radius 2 is 2.00 bits per heavy atom. The van der Waals surface area contributed by atoms with Gasteiger partial charge in [-0.05, 0) is 23.8 Å². The molecule has 6 atom stereocenters. The Labute approximate surface area is 174 Å². The topological polar surface area (TPSA) is 123 Å². The van der Waals surface area contributed by atoms with Crippen LogP contribution in [0.2, 0.25) is 5.02 Å². The van der Waals surface area contributed by atoms with Crippen molar-refractivity contribution in [1.82, 2.24) is 9.47 Å². The molecule has 3 aliphatic rings. The normalized spacial score (nSPS) is 30.9. The molecule has 2 aromatic rings. The summed E-state index contributed by atoms with van der Waals surface area (Å²) in [6.07, 6.45) is -4.18. The molecule has 0 spiro atoms. The first-order valence-corrected chi connectivity index (χ1v) is 9.65. The maximum atomic E-state index is 13.8. The molecule has 30 heavy (non-hydrogen) atoms. The molecule has 11 heteroatoms. The molecular weight excluding hydrogens is 419 g/mol. The molecular formula is C19H18ClFN4O5. The summed E-state index contributed by atoms with van der Waals surface area (Å²) in [6, 6.07) is 5.50. The molecule has 1 saturated heterocycles. The molecule has 0 saturated carbocycles. The summed E-state index contributed by atoms with van der Waals surface area (Å²) < 4.78 is 21.1. The molecule has 1 fully saturated rings. The van der Waals surface area contributed by atoms with Gasteiger partial charge in [-0.3, -0.25) is 9.89 Å². The lowest BCUT2D eigenvalue weighted by Gasteiger charge is -2.25. The average Bonchev–Trinajstić information content (AvgIpc) is 3.40. The van der Waals surface area contributed by atoms with Crippen LogP contribution >= 0.6 is 11.6 Å². The zero-order valence-corrected chi connectivity index (χ0v) is 16.1. The predicted molar refractivity (Wildman–Crippen MR) is 104 cm³/mol. The maximum absolute atomic E-state index is 13.8. The maximum Gasteiger partial charge on any atom is 0.164 e. The van der Waals surface area contributed by atoms with Gasteiger partial charge in [-0.2, -0.15) is 0 Å². The van der Waals surface area contributed by atoms with Gasteiger partial charge in [0.2, 0.25) is 0 Å². The second-order valence-electron chi connectivity index (χ2n) is 7.35. The first-order chi connectivity index (χ1) is 14.4. The van der Waals surface area contributed by atoms with Crippen molar-refractivity contribution in [3.8, 4) is 0 Å². The number of aromatic nitrogens is 1. The van der Waals surface area contributed by atoms with E-state index >= 15 is 0 Å². The van der Waals surface area contributed by atoms with E-state index in [1.807, 2.05) is 0 Å². The van der Waals surface area contributed by atoms with Gasteiger partial charge in [-0.15, -0.1) is 0 Å². The SMILES string of the molecule is OC(c1ccc(Cl)c(F)c1)[C@H]1O[C@@H](n2ccc3c2N=CN2C3=NCC2O)[C@H](O)[C@@H]1O. The third kappa shape index (κ3) is 2.88. The number of nitrogens with zero attached hydrogens (tertiary/aromatic N) is 4. The number of aliphatic imine (C=N–C) groups is 2. The summed E-state index contributed by atoms with van der Waals surface area (Å²) in [4.78, 5) is 10.2. The van der Waals surface area contributed by atoms with E-state index in [4.69, 9.17) is 16.3 Å². The van der Waals surface area contributed by atoms with Crippen LogP contribution < -0.4 is 0 Å². The Hall–Kier alpha value is -2.34. The van der Waals surface area contributed by atoms with Crippen LogP contribution in [0.1, 0.15) is 23.5 Å². The molecule has 0 radical (unpaired) electrons. The van der Waals surface area contributed by atoms with Gasteiger partial charge in [0.05, 0.1) is 17.1 Å². The number of aliphatic hydroxyl groups excluding tert-OH is 4. The Morgan fingerprint density at radius 3 is 2.77 bits per heavy atom. The quantitative estimate of drug-likeness (QED) is 0.561. The van der Waals surface area contributed by atoms with Crippen LogP contribution in [-0.2, 0) is 4.74 Å². The van der Waals surface area contributed by atoms with Gasteiger partial charge < -0.3 is 29.7 Å². The first-order valence-electron chi connectivity index (χ1n) is 9.27. The lowest BCUT2D eigenvalue weighted by Crippen LogP contribution is -2.37. The highest BCUT2D eigenvalue weighted by atomic mass is 35.5. The van der Waals surface area contributed by atoms with Crippen LogP contribution in [0, 0.1) is 5.82 Å². The predicted octanol–water partition coefficient (Wildman–Crippen LogP) is 0.687. The number of aliphatic hydroxyl groups is 4. The number of amidine groups is 1. The Balaban J connectivity index is 1.44. The van der Waals surface area contributed by atoms with Crippen molar-refractivity contribution in [1.29, 1.82) is 0 Å². The molecule has 1 aromatic heterocycles.